The van der Waals surface area contributed by atoms with Gasteiger partial charge in [-0.3, -0.25) is 0 Å². The van der Waals surface area contributed by atoms with Gasteiger partial charge in [-0.15, -0.1) is 0 Å². The summed E-state index contributed by atoms with van der Waals surface area (Å²) in [4.78, 5) is 0. The fourth-order valence-corrected chi connectivity index (χ4v) is 2.95. The van der Waals surface area contributed by atoms with Crippen LogP contribution in [0.1, 0.15) is 54.4 Å². The van der Waals surface area contributed by atoms with E-state index in [9.17, 15) is 0 Å². The third-order valence-corrected chi connectivity index (χ3v) is 4.12. The first-order valence-electron chi connectivity index (χ1n) is 6.40. The molecule has 0 aromatic heterocycles. The molecule has 0 heterocycles. The number of hydrogen-bond donors (Lipinski definition) is 1. The van der Waals surface area contributed by atoms with Crippen LogP contribution in [0.5, 0.6) is 0 Å². The lowest BCUT2D eigenvalue weighted by Crippen LogP contribution is -2.39. The van der Waals surface area contributed by atoms with Crippen molar-refractivity contribution in [2.45, 2.75) is 58.4 Å². The van der Waals surface area contributed by atoms with Crippen LogP contribution in [0.15, 0.2) is 12.1 Å². The summed E-state index contributed by atoms with van der Waals surface area (Å²) in [6.07, 6.45) is 6.21. The molecule has 16 heavy (non-hydrogen) atoms. The van der Waals surface area contributed by atoms with E-state index in [-0.39, 0.29) is 5.54 Å². The van der Waals surface area contributed by atoms with E-state index in [1.54, 1.807) is 0 Å². The zero-order chi connectivity index (χ0) is 11.8. The lowest BCUT2D eigenvalue weighted by Gasteiger charge is -2.35. The second kappa shape index (κ2) is 4.21. The highest BCUT2D eigenvalue weighted by atomic mass is 14.7. The molecule has 0 bridgehead atoms. The highest BCUT2D eigenvalue weighted by Gasteiger charge is 2.30. The lowest BCUT2D eigenvalue weighted by atomic mass is 9.75. The van der Waals surface area contributed by atoms with Crippen LogP contribution in [-0.2, 0) is 5.54 Å². The first kappa shape index (κ1) is 11.7. The minimum atomic E-state index is -0.0548. The predicted octanol–water partition coefficient (Wildman–Crippen LogP) is 3.73. The summed E-state index contributed by atoms with van der Waals surface area (Å²) in [6, 6.07) is 4.60. The van der Waals surface area contributed by atoms with Crippen molar-refractivity contribution in [3.63, 3.8) is 0 Å². The summed E-state index contributed by atoms with van der Waals surface area (Å²) in [5, 5.41) is 0. The molecule has 1 aliphatic carbocycles. The molecule has 0 aliphatic heterocycles. The molecule has 88 valence electrons. The Kier molecular flexibility index (Phi) is 3.07. The molecule has 0 radical (unpaired) electrons. The Morgan fingerprint density at radius 1 is 0.875 bits per heavy atom. The summed E-state index contributed by atoms with van der Waals surface area (Å²) in [6.45, 7) is 6.56. The lowest BCUT2D eigenvalue weighted by molar-refractivity contribution is 0.301. The first-order chi connectivity index (χ1) is 7.53. The molecule has 1 fully saturated rings. The van der Waals surface area contributed by atoms with Crippen LogP contribution in [-0.4, -0.2) is 0 Å². The maximum absolute atomic E-state index is 6.60. The molecule has 1 aromatic carbocycles. The van der Waals surface area contributed by atoms with Gasteiger partial charge >= 0.3 is 0 Å². The van der Waals surface area contributed by atoms with Crippen LogP contribution in [0.4, 0.5) is 0 Å². The molecule has 0 amide bonds. The van der Waals surface area contributed by atoms with Crippen molar-refractivity contribution in [2.24, 2.45) is 5.73 Å². The molecule has 0 atom stereocenters. The van der Waals surface area contributed by atoms with E-state index in [0.29, 0.717) is 0 Å². The number of aryl methyl sites for hydroxylation is 3. The Hall–Kier alpha value is -0.820. The quantitative estimate of drug-likeness (QED) is 0.762. The molecule has 1 heteroatoms. The van der Waals surface area contributed by atoms with Crippen molar-refractivity contribution < 1.29 is 0 Å². The van der Waals surface area contributed by atoms with Crippen LogP contribution in [0.2, 0.25) is 0 Å². The van der Waals surface area contributed by atoms with Gasteiger partial charge in [-0.2, -0.15) is 0 Å². The van der Waals surface area contributed by atoms with Gasteiger partial charge in [-0.25, -0.2) is 0 Å². The Morgan fingerprint density at radius 3 is 2.06 bits per heavy atom. The minimum absolute atomic E-state index is 0.0548. The van der Waals surface area contributed by atoms with Gasteiger partial charge < -0.3 is 5.73 Å². The van der Waals surface area contributed by atoms with Crippen LogP contribution in [0.25, 0.3) is 0 Å². The number of hydrogen-bond acceptors (Lipinski definition) is 1. The van der Waals surface area contributed by atoms with E-state index in [1.165, 1.54) is 41.5 Å². The van der Waals surface area contributed by atoms with E-state index in [4.69, 9.17) is 5.73 Å². The third-order valence-electron chi connectivity index (χ3n) is 4.12. The molecule has 2 N–H and O–H groups in total. The Bertz CT molecular complexity index is 387. The number of rotatable bonds is 1. The molecular weight excluding hydrogens is 194 g/mol. The molecule has 2 rings (SSSR count). The SMILES string of the molecule is Cc1cc(C)c(C2(N)CCCCC2)cc1C. The monoisotopic (exact) mass is 217 g/mol. The molecule has 1 saturated carbocycles. The van der Waals surface area contributed by atoms with Crippen LogP contribution < -0.4 is 5.73 Å². The normalized spacial score (nSPS) is 19.8. The number of benzene rings is 1. The van der Waals surface area contributed by atoms with E-state index >= 15 is 0 Å². The van der Waals surface area contributed by atoms with Crippen molar-refractivity contribution in [1.82, 2.24) is 0 Å². The predicted molar refractivity (Wildman–Crippen MR) is 69.6 cm³/mol. The molecule has 1 nitrogen and oxygen atoms in total. The Morgan fingerprint density at radius 2 is 1.44 bits per heavy atom. The second-order valence-corrected chi connectivity index (χ2v) is 5.47. The number of nitrogens with two attached hydrogens (primary N) is 1. The molecule has 0 spiro atoms. The molecule has 1 aliphatic rings. The zero-order valence-electron chi connectivity index (χ0n) is 10.8. The van der Waals surface area contributed by atoms with Gasteiger partial charge in [-0.1, -0.05) is 31.4 Å². The summed E-state index contributed by atoms with van der Waals surface area (Å²) >= 11 is 0. The Labute approximate surface area is 99.0 Å². The van der Waals surface area contributed by atoms with Crippen molar-refractivity contribution in [3.05, 3.63) is 34.4 Å². The molecule has 1 aromatic rings. The summed E-state index contributed by atoms with van der Waals surface area (Å²) in [7, 11) is 0. The van der Waals surface area contributed by atoms with Crippen LogP contribution in [0.3, 0.4) is 0 Å². The Balaban J connectivity index is 2.42. The van der Waals surface area contributed by atoms with Gasteiger partial charge in [0.25, 0.3) is 0 Å². The standard InChI is InChI=1S/C15H23N/c1-11-9-13(3)14(10-12(11)2)15(16)7-5-4-6-8-15/h9-10H,4-8,16H2,1-3H3. The first-order valence-corrected chi connectivity index (χ1v) is 6.40. The van der Waals surface area contributed by atoms with E-state index in [0.717, 1.165) is 12.8 Å². The third kappa shape index (κ3) is 2.01. The zero-order valence-corrected chi connectivity index (χ0v) is 10.8. The van der Waals surface area contributed by atoms with Crippen LogP contribution >= 0.6 is 0 Å². The maximum Gasteiger partial charge on any atom is 0.0412 e. The largest absolute Gasteiger partial charge is 0.321 e. The highest BCUT2D eigenvalue weighted by molar-refractivity contribution is 5.40. The minimum Gasteiger partial charge on any atom is -0.321 e. The van der Waals surface area contributed by atoms with Gasteiger partial charge in [0.1, 0.15) is 0 Å². The van der Waals surface area contributed by atoms with E-state index in [2.05, 4.69) is 32.9 Å². The van der Waals surface area contributed by atoms with Crippen molar-refractivity contribution >= 4 is 0 Å². The summed E-state index contributed by atoms with van der Waals surface area (Å²) in [5.41, 5.74) is 12.0. The fourth-order valence-electron chi connectivity index (χ4n) is 2.95. The van der Waals surface area contributed by atoms with Gasteiger partial charge in [0.2, 0.25) is 0 Å². The van der Waals surface area contributed by atoms with E-state index in [1.807, 2.05) is 0 Å². The molecule has 0 unspecified atom stereocenters. The molecule has 0 saturated heterocycles. The second-order valence-electron chi connectivity index (χ2n) is 5.47. The smallest absolute Gasteiger partial charge is 0.0412 e. The van der Waals surface area contributed by atoms with Gasteiger partial charge in [-0.05, 0) is 55.9 Å². The van der Waals surface area contributed by atoms with Crippen molar-refractivity contribution in [2.75, 3.05) is 0 Å². The van der Waals surface area contributed by atoms with E-state index < -0.39 is 0 Å². The van der Waals surface area contributed by atoms with Gasteiger partial charge in [0.15, 0.2) is 0 Å². The van der Waals surface area contributed by atoms with Crippen LogP contribution in [0, 0.1) is 20.8 Å². The van der Waals surface area contributed by atoms with Crippen molar-refractivity contribution in [3.8, 4) is 0 Å². The fraction of sp³-hybridized carbons (Fsp3) is 0.600. The maximum atomic E-state index is 6.60. The molecular formula is C15H23N. The summed E-state index contributed by atoms with van der Waals surface area (Å²) < 4.78 is 0. The average molecular weight is 217 g/mol. The van der Waals surface area contributed by atoms with Gasteiger partial charge in [0.05, 0.1) is 0 Å². The van der Waals surface area contributed by atoms with Gasteiger partial charge in [0, 0.05) is 5.54 Å². The summed E-state index contributed by atoms with van der Waals surface area (Å²) in [5.74, 6) is 0. The average Bonchev–Trinajstić information content (AvgIpc) is 2.24. The topological polar surface area (TPSA) is 26.0 Å². The van der Waals surface area contributed by atoms with Crippen molar-refractivity contribution in [1.29, 1.82) is 0 Å². The highest BCUT2D eigenvalue weighted by Crippen LogP contribution is 2.37.